The van der Waals surface area contributed by atoms with E-state index in [0.29, 0.717) is 89.9 Å². The first kappa shape index (κ1) is 81.7. The number of nitrogens with one attached hydrogen (secondary N) is 6. The third-order valence-electron chi connectivity index (χ3n) is 17.3. The number of morpholine rings is 1. The van der Waals surface area contributed by atoms with Gasteiger partial charge >= 0.3 is 0 Å². The predicted molar refractivity (Wildman–Crippen MR) is 456 cm³/mol. The van der Waals surface area contributed by atoms with Gasteiger partial charge in [-0.1, -0.05) is 75.7 Å². The van der Waals surface area contributed by atoms with Crippen LogP contribution >= 0.6 is 45.3 Å². The fourth-order valence-corrected chi connectivity index (χ4v) is 16.4. The number of methoxy groups -OCH3 is 3. The van der Waals surface area contributed by atoms with Crippen LogP contribution in [0.15, 0.2) is 180 Å². The Morgan fingerprint density at radius 1 is 0.454 bits per heavy atom. The van der Waals surface area contributed by atoms with Crippen LogP contribution in [0.3, 0.4) is 0 Å². The van der Waals surface area contributed by atoms with Crippen LogP contribution in [0.4, 0.5) is 70.3 Å². The van der Waals surface area contributed by atoms with Gasteiger partial charge in [-0.3, -0.25) is 14.5 Å². The Morgan fingerprint density at radius 3 is 1.33 bits per heavy atom. The molecule has 0 radical (unpaired) electrons. The van der Waals surface area contributed by atoms with Gasteiger partial charge in [0.05, 0.1) is 96.3 Å². The number of hydrogen-bond donors (Lipinski definition) is 13. The van der Waals surface area contributed by atoms with Gasteiger partial charge in [0, 0.05) is 61.6 Å². The molecule has 16 aromatic rings. The maximum atomic E-state index is 12.7. The summed E-state index contributed by atoms with van der Waals surface area (Å²) in [6, 6.07) is 48.2. The van der Waals surface area contributed by atoms with Crippen LogP contribution in [0, 0.1) is 0 Å². The average molecular weight is 1720 g/mol. The first-order valence-corrected chi connectivity index (χ1v) is 41.9. The molecule has 0 bridgehead atoms. The summed E-state index contributed by atoms with van der Waals surface area (Å²) in [6.07, 6.45) is 0.873. The van der Waals surface area contributed by atoms with Gasteiger partial charge in [0.25, 0.3) is 11.8 Å². The number of nitrogens with two attached hydrogens (primary N) is 6. The van der Waals surface area contributed by atoms with E-state index in [0.717, 1.165) is 80.4 Å². The van der Waals surface area contributed by atoms with E-state index in [-0.39, 0.29) is 63.0 Å². The molecule has 0 aliphatic carbocycles. The van der Waals surface area contributed by atoms with E-state index in [1.165, 1.54) is 103 Å². The number of hydrogen-bond acceptors (Lipinski definition) is 36. The van der Waals surface area contributed by atoms with E-state index < -0.39 is 20.0 Å². The second-order valence-corrected chi connectivity index (χ2v) is 32.5. The van der Waals surface area contributed by atoms with Gasteiger partial charge in [0.1, 0.15) is 23.0 Å². The van der Waals surface area contributed by atoms with Crippen molar-refractivity contribution in [2.45, 2.75) is 16.2 Å². The number of carbonyl (C=O) groups is 2. The van der Waals surface area contributed by atoms with Crippen molar-refractivity contribution >= 4 is 188 Å². The van der Waals surface area contributed by atoms with Crippen molar-refractivity contribution in [1.82, 2.24) is 94.5 Å². The summed E-state index contributed by atoms with van der Waals surface area (Å²) in [7, 11) is -1.36. The number of aromatic nitrogens is 16. The van der Waals surface area contributed by atoms with Crippen molar-refractivity contribution in [3.05, 3.63) is 181 Å². The molecule has 2 amide bonds. The molecule has 8 aromatic heterocycles. The zero-order valence-electron chi connectivity index (χ0n) is 63.2. The molecule has 40 nitrogen and oxygen atoms in total. The number of nitrogens with zero attached hydrogens (tertiary/aromatic N) is 17. The highest BCUT2D eigenvalue weighted by Crippen LogP contribution is 2.35. The van der Waals surface area contributed by atoms with Gasteiger partial charge in [-0.25, -0.2) is 47.0 Å². The van der Waals surface area contributed by atoms with Crippen molar-refractivity contribution in [3.63, 3.8) is 0 Å². The van der Waals surface area contributed by atoms with Crippen molar-refractivity contribution in [3.8, 4) is 43.5 Å². The Balaban J connectivity index is 0.000000131. The molecule has 19 N–H and O–H groups in total. The third kappa shape index (κ3) is 19.7. The maximum absolute atomic E-state index is 12.7. The number of benzene rings is 8. The lowest BCUT2D eigenvalue weighted by molar-refractivity contribution is 0.0374. The van der Waals surface area contributed by atoms with Crippen LogP contribution in [-0.2, 0) is 24.8 Å². The van der Waals surface area contributed by atoms with Gasteiger partial charge in [0.15, 0.2) is 0 Å². The molecule has 0 atom stereocenters. The standard InChI is InChI=1S/C24H28N8O3S.C18H17N7O2S.C16H15N7O3S2.C15H13N7O3S2/c1-34-19-15-16(7-8-17(19)21(33)26-9-4-10-31-11-13-35-14-12-31)27-23-29-22(25)32(30-23)24-28-18-5-2-3-6-20(18)36-24;1-20-15(26)11-8-7-10(9-13(11)27-2)21-17-23-16(19)25(24-17)18-22-12-5-3-4-6-14(12)28-18;1-26-10-4-7-12-13(8-10)27-16(20-12)23-14(17)21-15(22-23)19-9-2-5-11(6-3-9)28(18,24)25;16-13-20-14(18-8-2-1-3-10(6-8)27(17,24)25)21-22(13)15-19-11-5-4-9(23)7-12(11)26-15/h2-3,5-8,15H,4,9-14H2,1H3,(H,26,33)(H3,25,27,29,30);3-9H,1-2H3,(H,20,26)(H3,19,21,23,24);2-8H,1H3,(H2,18,24,25)(H3,17,19,21,22);1-7,23H,(H2,17,24,25)(H3,16,18,20,21). The summed E-state index contributed by atoms with van der Waals surface area (Å²) in [4.78, 5) is 61.8. The highest BCUT2D eigenvalue weighted by atomic mass is 32.2. The fraction of sp³-hybridized carbons (Fsp3) is 0.151. The number of amides is 2. The monoisotopic (exact) mass is 1720 g/mol. The molecule has 1 fully saturated rings. The Morgan fingerprint density at radius 2 is 0.874 bits per heavy atom. The largest absolute Gasteiger partial charge is 0.508 e. The number of primary sulfonamides is 2. The van der Waals surface area contributed by atoms with E-state index in [9.17, 15) is 31.5 Å². The number of fused-ring (bicyclic) bond motifs is 4. The molecule has 1 aliphatic heterocycles. The number of thiazole rings is 4. The fourth-order valence-electron chi connectivity index (χ4n) is 11.5. The van der Waals surface area contributed by atoms with Gasteiger partial charge in [-0.2, -0.15) is 38.7 Å². The summed E-state index contributed by atoms with van der Waals surface area (Å²) in [6.45, 7) is 4.95. The molecular weight excluding hydrogens is 1650 g/mol. The van der Waals surface area contributed by atoms with Gasteiger partial charge in [-0.15, -0.1) is 20.4 Å². The highest BCUT2D eigenvalue weighted by molar-refractivity contribution is 7.89. The second kappa shape index (κ2) is 35.7. The van der Waals surface area contributed by atoms with E-state index in [4.69, 9.17) is 52.2 Å². The number of anilines is 12. The lowest BCUT2D eigenvalue weighted by Gasteiger charge is -2.26. The molecule has 17 rings (SSSR count). The lowest BCUT2D eigenvalue weighted by atomic mass is 10.1. The average Bonchev–Trinajstić information content (AvgIpc) is 1.66. The first-order chi connectivity index (χ1) is 57.3. The minimum Gasteiger partial charge on any atom is -0.508 e. The number of phenols is 1. The molecule has 9 heterocycles. The summed E-state index contributed by atoms with van der Waals surface area (Å²) >= 11 is 5.64. The number of phenolic OH excluding ortho intramolecular Hbond substituents is 1. The molecule has 1 aliphatic rings. The van der Waals surface area contributed by atoms with Crippen LogP contribution in [-0.4, -0.2) is 185 Å². The van der Waals surface area contributed by atoms with Gasteiger partial charge < -0.3 is 78.9 Å². The Labute approximate surface area is 691 Å². The van der Waals surface area contributed by atoms with Gasteiger partial charge in [-0.05, 0) is 140 Å². The second-order valence-electron chi connectivity index (χ2n) is 25.3. The Hall–Kier alpha value is -13.8. The quantitative estimate of drug-likeness (QED) is 0.0266. The predicted octanol–water partition coefficient (Wildman–Crippen LogP) is 8.65. The number of sulfonamides is 2. The maximum Gasteiger partial charge on any atom is 0.255 e. The summed E-state index contributed by atoms with van der Waals surface area (Å²) < 4.78 is 76.5. The van der Waals surface area contributed by atoms with Crippen LogP contribution < -0.4 is 79.3 Å². The Bertz CT molecular complexity index is 6550. The number of para-hydroxylation sites is 2. The van der Waals surface area contributed by atoms with Gasteiger partial charge in [0.2, 0.25) is 88.2 Å². The smallest absolute Gasteiger partial charge is 0.255 e. The lowest BCUT2D eigenvalue weighted by Crippen LogP contribution is -2.38. The zero-order valence-corrected chi connectivity index (χ0v) is 68.1. The van der Waals surface area contributed by atoms with Crippen molar-refractivity contribution in [2.75, 3.05) is 112 Å². The molecule has 1 saturated heterocycles. The molecule has 0 spiro atoms. The molecule has 0 unspecified atom stereocenters. The molecule has 46 heteroatoms. The van der Waals surface area contributed by atoms with Crippen LogP contribution in [0.25, 0.3) is 61.4 Å². The topological polar surface area (TPSA) is 566 Å². The summed E-state index contributed by atoms with van der Waals surface area (Å²) in [5, 5.41) is 57.1. The molecule has 8 aromatic carbocycles. The molecule has 612 valence electrons. The Kier molecular flexibility index (Phi) is 24.5. The number of nitrogen functional groups attached to an aromatic ring is 4. The van der Waals surface area contributed by atoms with Crippen LogP contribution in [0.2, 0.25) is 0 Å². The minimum absolute atomic E-state index is 0.0148. The molecular formula is C73H73N29O11S6. The van der Waals surface area contributed by atoms with E-state index >= 15 is 0 Å². The number of rotatable bonds is 23. The number of aromatic hydroxyl groups is 1. The third-order valence-corrected chi connectivity index (χ3v) is 23.1. The van der Waals surface area contributed by atoms with E-state index in [1.807, 2.05) is 66.7 Å². The van der Waals surface area contributed by atoms with Crippen molar-refractivity contribution < 1.29 is 50.5 Å². The summed E-state index contributed by atoms with van der Waals surface area (Å²) in [5.74, 6) is 3.09. The first-order valence-electron chi connectivity index (χ1n) is 35.5. The highest BCUT2D eigenvalue weighted by Gasteiger charge is 2.23. The molecule has 0 saturated carbocycles. The zero-order chi connectivity index (χ0) is 83.7. The van der Waals surface area contributed by atoms with E-state index in [1.54, 1.807) is 93.0 Å². The van der Waals surface area contributed by atoms with Crippen LogP contribution in [0.5, 0.6) is 23.0 Å². The summed E-state index contributed by atoms with van der Waals surface area (Å²) in [5.41, 5.74) is 30.5. The molecule has 119 heavy (non-hydrogen) atoms. The van der Waals surface area contributed by atoms with Crippen LogP contribution in [0.1, 0.15) is 27.1 Å². The normalized spacial score (nSPS) is 12.2. The van der Waals surface area contributed by atoms with E-state index in [2.05, 4.69) is 97.1 Å². The number of carbonyl (C=O) groups excluding carboxylic acids is 2. The minimum atomic E-state index is -3.82. The SMILES string of the molecule is CNC(=O)c1ccc(Nc2nc(N)n(-c3nc4ccccc4s3)n2)cc1OC.COc1cc(Nc2nc(N)n(-c3nc4ccccc4s3)n2)ccc1C(=O)NCCCN1CCOCC1.COc1ccc2nc(-n3nc(Nc4ccc(S(N)(=O)=O)cc4)nc3N)sc2c1.Nc1nc(Nc2cccc(S(N)(=O)=O)c2)nn1-c1nc2ccc(O)cc2s1. The van der Waals surface area contributed by atoms with Crippen molar-refractivity contribution in [2.24, 2.45) is 10.3 Å². The van der Waals surface area contributed by atoms with Crippen molar-refractivity contribution in [1.29, 1.82) is 0 Å². The number of ether oxygens (including phenoxy) is 4.